The number of aliphatic hydroxyl groups excluding tert-OH is 1. The maximum atomic E-state index is 12.5. The Morgan fingerprint density at radius 1 is 1.00 bits per heavy atom. The van der Waals surface area contributed by atoms with Crippen molar-refractivity contribution in [2.45, 2.75) is 102 Å². The fraction of sp³-hybridized carbons (Fsp3) is 0.964. The first-order valence-corrected chi connectivity index (χ1v) is 14.6. The molecule has 5 unspecified atom stereocenters. The van der Waals surface area contributed by atoms with Gasteiger partial charge in [-0.15, -0.1) is 0 Å². The molecule has 5 atom stereocenters. The Balaban J connectivity index is 1.36. The molecular weight excluding hydrogens is 456 g/mol. The van der Waals surface area contributed by atoms with Crippen molar-refractivity contribution in [3.8, 4) is 0 Å². The smallest absolute Gasteiger partial charge is 0.410 e. The van der Waals surface area contributed by atoms with Gasteiger partial charge in [-0.25, -0.2) is 4.79 Å². The molecule has 8 nitrogen and oxygen atoms in total. The second-order valence-electron chi connectivity index (χ2n) is 12.5. The molecule has 4 aliphatic rings. The van der Waals surface area contributed by atoms with Crippen molar-refractivity contribution >= 4 is 6.09 Å². The van der Waals surface area contributed by atoms with E-state index in [0.29, 0.717) is 30.1 Å². The predicted octanol–water partition coefficient (Wildman–Crippen LogP) is 2.94. The van der Waals surface area contributed by atoms with E-state index in [-0.39, 0.29) is 12.7 Å². The normalized spacial score (nSPS) is 32.5. The number of fused-ring (bicyclic) bond motifs is 1. The number of hydrogen-bond acceptors (Lipinski definition) is 7. The molecule has 0 bridgehead atoms. The molecule has 0 aromatic rings. The monoisotopic (exact) mass is 508 g/mol. The van der Waals surface area contributed by atoms with E-state index in [4.69, 9.17) is 9.47 Å². The van der Waals surface area contributed by atoms with Gasteiger partial charge >= 0.3 is 6.09 Å². The molecule has 0 aromatic carbocycles. The summed E-state index contributed by atoms with van der Waals surface area (Å²) in [4.78, 5) is 19.8. The summed E-state index contributed by atoms with van der Waals surface area (Å²) in [6, 6.07) is 1.39. The molecule has 1 saturated carbocycles. The number of amides is 1. The van der Waals surface area contributed by atoms with Crippen LogP contribution in [0.3, 0.4) is 0 Å². The van der Waals surface area contributed by atoms with Gasteiger partial charge in [0.2, 0.25) is 0 Å². The zero-order chi connectivity index (χ0) is 25.7. The van der Waals surface area contributed by atoms with Gasteiger partial charge in [0.25, 0.3) is 0 Å². The maximum absolute atomic E-state index is 12.5. The third-order valence-corrected chi connectivity index (χ3v) is 9.13. The van der Waals surface area contributed by atoms with Crippen molar-refractivity contribution in [3.05, 3.63) is 0 Å². The average molecular weight is 509 g/mol. The van der Waals surface area contributed by atoms with Crippen LogP contribution in [0.2, 0.25) is 0 Å². The molecule has 0 radical (unpaired) electrons. The van der Waals surface area contributed by atoms with Crippen LogP contribution in [0.15, 0.2) is 0 Å². The highest BCUT2D eigenvalue weighted by molar-refractivity contribution is 5.68. The minimum Gasteiger partial charge on any atom is -0.444 e. The molecule has 8 heteroatoms. The van der Waals surface area contributed by atoms with Gasteiger partial charge in [-0.1, -0.05) is 0 Å². The third kappa shape index (κ3) is 6.93. The highest BCUT2D eigenvalue weighted by Crippen LogP contribution is 2.36. The first-order valence-electron chi connectivity index (χ1n) is 14.6. The van der Waals surface area contributed by atoms with Gasteiger partial charge in [0.05, 0.1) is 12.1 Å². The van der Waals surface area contributed by atoms with E-state index in [1.807, 2.05) is 32.8 Å². The van der Waals surface area contributed by atoms with Gasteiger partial charge in [0, 0.05) is 52.0 Å². The van der Waals surface area contributed by atoms with Crippen molar-refractivity contribution in [2.75, 3.05) is 59.5 Å². The number of piperidine rings is 2. The summed E-state index contributed by atoms with van der Waals surface area (Å²) >= 11 is 0. The van der Waals surface area contributed by atoms with Crippen LogP contribution in [0.25, 0.3) is 0 Å². The fourth-order valence-electron chi connectivity index (χ4n) is 7.43. The third-order valence-electron chi connectivity index (χ3n) is 9.13. The molecule has 3 saturated heterocycles. The summed E-state index contributed by atoms with van der Waals surface area (Å²) in [6.07, 6.45) is 9.16. The number of aliphatic hydroxyl groups is 1. The van der Waals surface area contributed by atoms with Crippen LogP contribution in [0.1, 0.15) is 72.1 Å². The second-order valence-corrected chi connectivity index (χ2v) is 12.5. The van der Waals surface area contributed by atoms with Gasteiger partial charge in [-0.05, 0) is 104 Å². The van der Waals surface area contributed by atoms with Crippen molar-refractivity contribution in [2.24, 2.45) is 11.8 Å². The summed E-state index contributed by atoms with van der Waals surface area (Å²) in [5, 5.41) is 13.8. The lowest BCUT2D eigenvalue weighted by Crippen LogP contribution is -2.63. The Hall–Kier alpha value is -0.930. The van der Waals surface area contributed by atoms with Crippen LogP contribution in [-0.4, -0.2) is 115 Å². The molecule has 0 aromatic heterocycles. The maximum Gasteiger partial charge on any atom is 0.410 e. The molecule has 4 rings (SSSR count). The zero-order valence-electron chi connectivity index (χ0n) is 23.3. The van der Waals surface area contributed by atoms with Crippen LogP contribution < -0.4 is 5.32 Å². The van der Waals surface area contributed by atoms with E-state index in [2.05, 4.69) is 15.1 Å². The molecule has 208 valence electrons. The van der Waals surface area contributed by atoms with Gasteiger partial charge < -0.3 is 24.8 Å². The Kier molecular flexibility index (Phi) is 9.94. The molecule has 1 amide bonds. The quantitative estimate of drug-likeness (QED) is 0.571. The Bertz CT molecular complexity index is 694. The minimum absolute atomic E-state index is 0.195. The number of nitrogens with one attached hydrogen (secondary N) is 1. The lowest BCUT2D eigenvalue weighted by molar-refractivity contribution is -0.0495. The number of ether oxygens (including phenoxy) is 2. The largest absolute Gasteiger partial charge is 0.444 e. The second kappa shape index (κ2) is 12.7. The Labute approximate surface area is 219 Å². The van der Waals surface area contributed by atoms with Crippen molar-refractivity contribution in [3.63, 3.8) is 0 Å². The molecule has 3 heterocycles. The molecule has 36 heavy (non-hydrogen) atoms. The van der Waals surface area contributed by atoms with Crippen molar-refractivity contribution in [1.29, 1.82) is 0 Å². The van der Waals surface area contributed by atoms with Crippen LogP contribution in [0, 0.1) is 11.8 Å². The van der Waals surface area contributed by atoms with E-state index in [0.717, 1.165) is 77.4 Å². The molecule has 2 N–H and O–H groups in total. The fourth-order valence-corrected chi connectivity index (χ4v) is 7.43. The van der Waals surface area contributed by atoms with E-state index < -0.39 is 5.60 Å². The summed E-state index contributed by atoms with van der Waals surface area (Å²) in [5.41, 5.74) is -0.460. The highest BCUT2D eigenvalue weighted by Gasteiger charge is 2.44. The van der Waals surface area contributed by atoms with Crippen LogP contribution in [-0.2, 0) is 9.47 Å². The highest BCUT2D eigenvalue weighted by atomic mass is 16.6. The van der Waals surface area contributed by atoms with Gasteiger partial charge in [0.1, 0.15) is 5.60 Å². The van der Waals surface area contributed by atoms with Crippen molar-refractivity contribution in [1.82, 2.24) is 20.0 Å². The Morgan fingerprint density at radius 3 is 2.47 bits per heavy atom. The first-order chi connectivity index (χ1) is 17.3. The lowest BCUT2D eigenvalue weighted by atomic mass is 9.74. The summed E-state index contributed by atoms with van der Waals surface area (Å²) in [7, 11) is 1.89. The standard InChI is InChI=1S/C28H52N4O4/c1-28(2,3)36-27(34)32-16-10-21(11-17-32)23(12-20-33)30-14-6-15-31(19-18-30)26-24(35-4)9-8-22-7-5-13-29-25(22)26/h21-26,29,33H,5-20H2,1-4H3. The topological polar surface area (TPSA) is 77.5 Å². The average Bonchev–Trinajstić information content (AvgIpc) is 3.11. The summed E-state index contributed by atoms with van der Waals surface area (Å²) < 4.78 is 11.6. The number of rotatable bonds is 6. The van der Waals surface area contributed by atoms with E-state index in [1.54, 1.807) is 0 Å². The van der Waals surface area contributed by atoms with Crippen LogP contribution in [0.4, 0.5) is 4.79 Å². The first kappa shape index (κ1) is 28.1. The molecular formula is C28H52N4O4. The van der Waals surface area contributed by atoms with E-state index in [9.17, 15) is 9.90 Å². The molecule has 4 fully saturated rings. The number of nitrogens with zero attached hydrogens (tertiary/aromatic N) is 3. The number of carbonyl (C=O) groups excluding carboxylic acids is 1. The van der Waals surface area contributed by atoms with Gasteiger partial charge in [-0.2, -0.15) is 0 Å². The Morgan fingerprint density at radius 2 is 1.78 bits per heavy atom. The summed E-state index contributed by atoms with van der Waals surface area (Å²) in [6.45, 7) is 12.9. The van der Waals surface area contributed by atoms with Crippen LogP contribution >= 0.6 is 0 Å². The van der Waals surface area contributed by atoms with Crippen molar-refractivity contribution < 1.29 is 19.4 Å². The minimum atomic E-state index is -0.460. The molecule has 1 aliphatic carbocycles. The number of methoxy groups -OCH3 is 1. The molecule has 0 spiro atoms. The number of hydrogen-bond donors (Lipinski definition) is 2. The molecule has 3 aliphatic heterocycles. The predicted molar refractivity (Wildman–Crippen MR) is 142 cm³/mol. The van der Waals surface area contributed by atoms with E-state index in [1.165, 1.54) is 25.7 Å². The van der Waals surface area contributed by atoms with E-state index >= 15 is 0 Å². The summed E-state index contributed by atoms with van der Waals surface area (Å²) in [5.74, 6) is 1.29. The number of likely N-dealkylation sites (tertiary alicyclic amines) is 1. The number of carbonyl (C=O) groups is 1. The lowest BCUT2D eigenvalue weighted by Gasteiger charge is -2.49. The van der Waals surface area contributed by atoms with Gasteiger partial charge in [0.15, 0.2) is 0 Å². The van der Waals surface area contributed by atoms with Crippen LogP contribution in [0.5, 0.6) is 0 Å². The SMILES string of the molecule is COC1CCC2CCCNC2C1N1CCCN(C(CCO)C2CCN(C(=O)OC(C)(C)C)CC2)CC1. The van der Waals surface area contributed by atoms with Gasteiger partial charge in [-0.3, -0.25) is 9.80 Å². The zero-order valence-corrected chi connectivity index (χ0v) is 23.3.